The van der Waals surface area contributed by atoms with Crippen molar-refractivity contribution in [1.29, 1.82) is 0 Å². The summed E-state index contributed by atoms with van der Waals surface area (Å²) in [7, 11) is 0. The van der Waals surface area contributed by atoms with E-state index in [0.717, 1.165) is 31.7 Å². The van der Waals surface area contributed by atoms with Crippen molar-refractivity contribution in [3.05, 3.63) is 35.4 Å². The summed E-state index contributed by atoms with van der Waals surface area (Å²) in [6.45, 7) is 9.25. The summed E-state index contributed by atoms with van der Waals surface area (Å²) in [6.07, 6.45) is -6.35. The molecule has 1 aliphatic heterocycles. The van der Waals surface area contributed by atoms with Crippen molar-refractivity contribution in [2.75, 3.05) is 13.1 Å². The third-order valence-corrected chi connectivity index (χ3v) is 6.19. The number of benzene rings is 1. The first-order chi connectivity index (χ1) is 16.5. The lowest BCUT2D eigenvalue weighted by atomic mass is 9.69. The molecule has 0 radical (unpaired) electrons. The van der Waals surface area contributed by atoms with Gasteiger partial charge >= 0.3 is 18.3 Å². The Balaban J connectivity index is 0.000000952. The average Bonchev–Trinajstić information content (AvgIpc) is 3.59. The number of piperidine rings is 1. The Bertz CT molecular complexity index is 874. The molecule has 1 amide bonds. The second-order valence-corrected chi connectivity index (χ2v) is 8.83. The molecule has 2 aliphatic rings. The smallest absolute Gasteiger partial charge is 0.475 e. The van der Waals surface area contributed by atoms with Gasteiger partial charge in [-0.25, -0.2) is 4.79 Å². The highest BCUT2D eigenvalue weighted by molar-refractivity contribution is 5.89. The third-order valence-electron chi connectivity index (χ3n) is 6.19. The van der Waals surface area contributed by atoms with Gasteiger partial charge in [-0.2, -0.15) is 26.3 Å². The SMILES string of the molecule is C=O.C=O.CC(C)(c1cccc(C(F)(F)F)c1)C1CCN(C(=O)C2(N)CC2)CC1.O=C(O)C(F)(F)F. The molecule has 7 nitrogen and oxygen atoms in total. The van der Waals surface area contributed by atoms with Crippen molar-refractivity contribution >= 4 is 25.5 Å². The number of likely N-dealkylation sites (tertiary alicyclic amines) is 1. The summed E-state index contributed by atoms with van der Waals surface area (Å²) in [6, 6.07) is 5.61. The van der Waals surface area contributed by atoms with E-state index >= 15 is 0 Å². The lowest BCUT2D eigenvalue weighted by Gasteiger charge is -2.42. The van der Waals surface area contributed by atoms with Crippen LogP contribution in [0.15, 0.2) is 24.3 Å². The second-order valence-electron chi connectivity index (χ2n) is 8.83. The fourth-order valence-electron chi connectivity index (χ4n) is 3.80. The van der Waals surface area contributed by atoms with E-state index in [9.17, 15) is 31.1 Å². The van der Waals surface area contributed by atoms with Crippen LogP contribution in [-0.2, 0) is 30.8 Å². The fraction of sp³-hybridized carbons (Fsp3) is 0.565. The molecule has 1 saturated carbocycles. The van der Waals surface area contributed by atoms with E-state index in [1.807, 2.05) is 32.3 Å². The average molecular weight is 528 g/mol. The number of aliphatic carboxylic acids is 1. The molecule has 0 bridgehead atoms. The van der Waals surface area contributed by atoms with Crippen LogP contribution in [0.1, 0.15) is 50.7 Å². The first kappa shape index (κ1) is 33.0. The zero-order valence-corrected chi connectivity index (χ0v) is 19.9. The number of alkyl halides is 6. The van der Waals surface area contributed by atoms with E-state index in [4.69, 9.17) is 25.2 Å². The number of hydrogen-bond acceptors (Lipinski definition) is 5. The summed E-state index contributed by atoms with van der Waals surface area (Å²) >= 11 is 0. The zero-order valence-electron chi connectivity index (χ0n) is 19.9. The number of halogens is 6. The highest BCUT2D eigenvalue weighted by Gasteiger charge is 2.49. The molecule has 13 heteroatoms. The maximum absolute atomic E-state index is 13.0. The number of carboxylic acids is 1. The molecule has 1 saturated heterocycles. The Hall–Kier alpha value is -2.96. The van der Waals surface area contributed by atoms with Crippen LogP contribution in [0.2, 0.25) is 0 Å². The van der Waals surface area contributed by atoms with Gasteiger partial charge in [-0.05, 0) is 48.6 Å². The lowest BCUT2D eigenvalue weighted by Crippen LogP contribution is -2.50. The number of carboxylic acid groups (broad SMARTS) is 1. The number of carbonyl (C=O) groups is 4. The first-order valence-corrected chi connectivity index (χ1v) is 10.6. The predicted molar refractivity (Wildman–Crippen MR) is 118 cm³/mol. The van der Waals surface area contributed by atoms with Crippen LogP contribution in [0.4, 0.5) is 26.3 Å². The maximum atomic E-state index is 13.0. The lowest BCUT2D eigenvalue weighted by molar-refractivity contribution is -0.192. The van der Waals surface area contributed by atoms with Gasteiger partial charge in [0.1, 0.15) is 13.6 Å². The number of nitrogens with two attached hydrogens (primary N) is 1. The normalized spacial score (nSPS) is 17.2. The van der Waals surface area contributed by atoms with Crippen molar-refractivity contribution in [2.45, 2.75) is 62.8 Å². The fourth-order valence-corrected chi connectivity index (χ4v) is 3.80. The minimum atomic E-state index is -5.08. The van der Waals surface area contributed by atoms with Crippen LogP contribution in [-0.4, -0.2) is 60.3 Å². The van der Waals surface area contributed by atoms with E-state index in [2.05, 4.69) is 0 Å². The third kappa shape index (κ3) is 8.92. The molecular weight excluding hydrogens is 498 g/mol. The molecule has 0 unspecified atom stereocenters. The Kier molecular flexibility index (Phi) is 11.8. The van der Waals surface area contributed by atoms with Gasteiger partial charge in [-0.15, -0.1) is 0 Å². The van der Waals surface area contributed by atoms with E-state index in [0.29, 0.717) is 18.7 Å². The highest BCUT2D eigenvalue weighted by Crippen LogP contribution is 2.41. The molecule has 2 fully saturated rings. The van der Waals surface area contributed by atoms with E-state index in [-0.39, 0.29) is 17.2 Å². The van der Waals surface area contributed by atoms with Gasteiger partial charge in [0.25, 0.3) is 0 Å². The molecule has 1 aromatic carbocycles. The van der Waals surface area contributed by atoms with Gasteiger partial charge in [0, 0.05) is 13.1 Å². The van der Waals surface area contributed by atoms with Gasteiger partial charge in [0.05, 0.1) is 11.1 Å². The first-order valence-electron chi connectivity index (χ1n) is 10.6. The van der Waals surface area contributed by atoms with Gasteiger partial charge in [-0.1, -0.05) is 32.0 Å². The maximum Gasteiger partial charge on any atom is 0.490 e. The van der Waals surface area contributed by atoms with Crippen LogP contribution >= 0.6 is 0 Å². The second kappa shape index (κ2) is 12.8. The topological polar surface area (TPSA) is 118 Å². The van der Waals surface area contributed by atoms with Crippen molar-refractivity contribution in [3.8, 4) is 0 Å². The Labute approximate surface area is 204 Å². The molecule has 0 spiro atoms. The van der Waals surface area contributed by atoms with Gasteiger partial charge in [-0.3, -0.25) is 4.79 Å². The Morgan fingerprint density at radius 2 is 1.39 bits per heavy atom. The largest absolute Gasteiger partial charge is 0.490 e. The number of nitrogens with zero attached hydrogens (tertiary/aromatic N) is 1. The molecule has 204 valence electrons. The quantitative estimate of drug-likeness (QED) is 0.574. The van der Waals surface area contributed by atoms with Crippen molar-refractivity contribution in [1.82, 2.24) is 4.90 Å². The van der Waals surface area contributed by atoms with Crippen LogP contribution in [0.25, 0.3) is 0 Å². The molecule has 1 aromatic rings. The van der Waals surface area contributed by atoms with Crippen molar-refractivity contribution < 1.29 is 50.6 Å². The monoisotopic (exact) mass is 528 g/mol. The molecule has 3 rings (SSSR count). The van der Waals surface area contributed by atoms with Gasteiger partial charge < -0.3 is 25.3 Å². The van der Waals surface area contributed by atoms with E-state index in [1.165, 1.54) is 12.1 Å². The van der Waals surface area contributed by atoms with Crippen LogP contribution in [0.5, 0.6) is 0 Å². The summed E-state index contributed by atoms with van der Waals surface area (Å²) < 4.78 is 70.7. The Morgan fingerprint density at radius 1 is 0.972 bits per heavy atom. The molecule has 36 heavy (non-hydrogen) atoms. The highest BCUT2D eigenvalue weighted by atomic mass is 19.4. The summed E-state index contributed by atoms with van der Waals surface area (Å²) in [5.74, 6) is -2.50. The van der Waals surface area contributed by atoms with Crippen molar-refractivity contribution in [3.63, 3.8) is 0 Å². The minimum absolute atomic E-state index is 0.0304. The van der Waals surface area contributed by atoms with Gasteiger partial charge in [0.2, 0.25) is 5.91 Å². The standard InChI is InChI=1S/C19H25F3N2O.C2HF3O2.2CH2O/c1-17(2,14-4-3-5-15(12-14)19(20,21)22)13-6-10-24(11-7-13)16(25)18(23)8-9-18;3-2(4,5)1(6)7;2*1-2/h3-5,12-13H,6-11,23H2,1-2H3;(H,6,7);2*1H2. The zero-order chi connectivity index (χ0) is 28.5. The molecule has 1 heterocycles. The van der Waals surface area contributed by atoms with Crippen molar-refractivity contribution in [2.24, 2.45) is 11.7 Å². The Morgan fingerprint density at radius 3 is 1.75 bits per heavy atom. The van der Waals surface area contributed by atoms with Crippen LogP contribution in [0.3, 0.4) is 0 Å². The summed E-state index contributed by atoms with van der Waals surface area (Å²) in [5.41, 5.74) is 5.06. The van der Waals surface area contributed by atoms with E-state index in [1.54, 1.807) is 6.07 Å². The number of rotatable bonds is 3. The number of carbonyl (C=O) groups excluding carboxylic acids is 3. The number of hydrogen-bond donors (Lipinski definition) is 2. The molecule has 3 N–H and O–H groups in total. The molecule has 1 aliphatic carbocycles. The molecular formula is C23H30F6N2O5. The number of amides is 1. The molecule has 0 aromatic heterocycles. The minimum Gasteiger partial charge on any atom is -0.475 e. The summed E-state index contributed by atoms with van der Waals surface area (Å²) in [5, 5.41) is 7.12. The summed E-state index contributed by atoms with van der Waals surface area (Å²) in [4.78, 5) is 39.1. The predicted octanol–water partition coefficient (Wildman–Crippen LogP) is 3.98. The van der Waals surface area contributed by atoms with Gasteiger partial charge in [0.15, 0.2) is 0 Å². The van der Waals surface area contributed by atoms with E-state index < -0.39 is 29.4 Å². The molecule has 0 atom stereocenters. The van der Waals surface area contributed by atoms with Crippen LogP contribution in [0, 0.1) is 5.92 Å². The van der Waals surface area contributed by atoms with Crippen LogP contribution < -0.4 is 5.73 Å².